The van der Waals surface area contributed by atoms with E-state index in [0.717, 1.165) is 11.8 Å². The van der Waals surface area contributed by atoms with Crippen LogP contribution in [0, 0.1) is 5.92 Å². The van der Waals surface area contributed by atoms with Gasteiger partial charge in [-0.1, -0.05) is 27.2 Å². The Morgan fingerprint density at radius 2 is 1.21 bits per heavy atom. The van der Waals surface area contributed by atoms with E-state index in [1.54, 1.807) is 6.92 Å². The van der Waals surface area contributed by atoms with Gasteiger partial charge in [0.05, 0.1) is 6.04 Å². The Bertz CT molecular complexity index is 1590. The predicted octanol–water partition coefficient (Wildman–Crippen LogP) is -3.36. The zero-order chi connectivity index (χ0) is 44.3. The Hall–Kier alpha value is -6.16. The molecule has 0 saturated carbocycles. The molecule has 0 bridgehead atoms. The maximum absolute atomic E-state index is 14.0. The average Bonchev–Trinajstić information content (AvgIpc) is 3.63. The van der Waals surface area contributed by atoms with E-state index in [1.807, 2.05) is 5.32 Å². The number of nitrogens with zero attached hydrogens (tertiary/aromatic N) is 1. The fourth-order valence-corrected chi connectivity index (χ4v) is 5.92. The fourth-order valence-electron chi connectivity index (χ4n) is 5.92. The minimum atomic E-state index is -1.60. The van der Waals surface area contributed by atoms with E-state index < -0.39 is 145 Å². The van der Waals surface area contributed by atoms with Gasteiger partial charge in [0.15, 0.2) is 0 Å². The van der Waals surface area contributed by atoms with Gasteiger partial charge in [-0.3, -0.25) is 57.5 Å². The van der Waals surface area contributed by atoms with Crippen LogP contribution in [0.5, 0.6) is 0 Å². The highest BCUT2D eigenvalue weighted by atomic mass is 16.4. The average molecular weight is 827 g/mol. The van der Waals surface area contributed by atoms with Crippen LogP contribution in [0.1, 0.15) is 91.9 Å². The molecule has 0 aliphatic carbocycles. The van der Waals surface area contributed by atoms with E-state index in [2.05, 4.69) is 26.6 Å². The van der Waals surface area contributed by atoms with Crippen molar-refractivity contribution in [1.29, 1.82) is 0 Å². The minimum Gasteiger partial charge on any atom is -0.481 e. The number of hydrogen-bond donors (Lipinski definition) is 10. The Labute approximate surface area is 333 Å². The van der Waals surface area contributed by atoms with Crippen molar-refractivity contribution < 1.29 is 72.9 Å². The number of Topliss-reactive ketones (excluding diaryl/α,β-unsaturated/α-hetero) is 1. The van der Waals surface area contributed by atoms with Crippen molar-refractivity contribution >= 4 is 70.9 Å². The number of nitrogens with one attached hydrogen (secondary N) is 6. The van der Waals surface area contributed by atoms with Gasteiger partial charge in [0.25, 0.3) is 5.91 Å². The summed E-state index contributed by atoms with van der Waals surface area (Å²) in [6, 6.07) is -8.48. The van der Waals surface area contributed by atoms with E-state index in [9.17, 15) is 62.6 Å². The fraction of sp³-hybridized carbons (Fsp3) is 0.657. The lowest BCUT2D eigenvalue weighted by Crippen LogP contribution is -2.60. The molecule has 1 rings (SSSR count). The Morgan fingerprint density at radius 3 is 1.71 bits per heavy atom. The van der Waals surface area contributed by atoms with E-state index in [0.29, 0.717) is 12.8 Å². The normalized spacial score (nSPS) is 16.0. The van der Waals surface area contributed by atoms with Gasteiger partial charge in [0.2, 0.25) is 47.1 Å². The number of carboxylic acid groups (broad SMARTS) is 3. The summed E-state index contributed by atoms with van der Waals surface area (Å²) in [6.45, 7) is 4.96. The SMILES string of the molecule is CCC[C@H](NC(=O)[C@@H]1CCCN1C(=O)[C@H](CCC(N)=O)NC(=O)[C@@H](NC(=O)[C@H](CCC(=O)O)NC(=O)[C@H](CCC(=O)O)NC(C)=O)C(C)C)C(=O)C(=O)NCC(=O)O. The van der Waals surface area contributed by atoms with Crippen LogP contribution in [-0.4, -0.2) is 141 Å². The molecule has 0 radical (unpaired) electrons. The van der Waals surface area contributed by atoms with Gasteiger partial charge in [0, 0.05) is 32.7 Å². The molecular weight excluding hydrogens is 772 g/mol. The first-order valence-corrected chi connectivity index (χ1v) is 18.6. The number of primary amides is 1. The molecule has 1 heterocycles. The summed E-state index contributed by atoms with van der Waals surface area (Å²) in [5.74, 6) is -13.2. The molecule has 8 amide bonds. The number of carbonyl (C=O) groups is 12. The van der Waals surface area contributed by atoms with Crippen LogP contribution in [0.15, 0.2) is 0 Å². The molecule has 0 aromatic heterocycles. The van der Waals surface area contributed by atoms with Crippen molar-refractivity contribution in [2.75, 3.05) is 13.1 Å². The van der Waals surface area contributed by atoms with Gasteiger partial charge in [-0.15, -0.1) is 0 Å². The minimum absolute atomic E-state index is 0.00654. The summed E-state index contributed by atoms with van der Waals surface area (Å²) in [5.41, 5.74) is 5.33. The first kappa shape index (κ1) is 49.9. The highest BCUT2D eigenvalue weighted by Gasteiger charge is 2.40. The molecule has 1 aliphatic rings. The number of carbonyl (C=O) groups excluding carboxylic acids is 9. The first-order valence-electron chi connectivity index (χ1n) is 18.6. The second kappa shape index (κ2) is 24.5. The molecule has 58 heavy (non-hydrogen) atoms. The van der Waals surface area contributed by atoms with E-state index >= 15 is 0 Å². The van der Waals surface area contributed by atoms with Crippen molar-refractivity contribution in [1.82, 2.24) is 36.8 Å². The summed E-state index contributed by atoms with van der Waals surface area (Å²) in [6.07, 6.45) is -2.01. The molecule has 23 heteroatoms. The molecule has 23 nitrogen and oxygen atoms in total. The number of hydrogen-bond acceptors (Lipinski definition) is 12. The summed E-state index contributed by atoms with van der Waals surface area (Å²) < 4.78 is 0. The largest absolute Gasteiger partial charge is 0.481 e. The van der Waals surface area contributed by atoms with E-state index in [1.165, 1.54) is 13.8 Å². The molecule has 11 N–H and O–H groups in total. The van der Waals surface area contributed by atoms with Crippen molar-refractivity contribution in [3.63, 3.8) is 0 Å². The summed E-state index contributed by atoms with van der Waals surface area (Å²) in [4.78, 5) is 151. The molecule has 0 spiro atoms. The summed E-state index contributed by atoms with van der Waals surface area (Å²) in [7, 11) is 0. The lowest BCUT2D eigenvalue weighted by molar-refractivity contribution is -0.144. The van der Waals surface area contributed by atoms with Crippen LogP contribution in [0.2, 0.25) is 0 Å². The molecule has 0 unspecified atom stereocenters. The van der Waals surface area contributed by atoms with E-state index in [-0.39, 0.29) is 32.2 Å². The molecule has 1 fully saturated rings. The number of ketones is 1. The number of likely N-dealkylation sites (tertiary alicyclic amines) is 1. The summed E-state index contributed by atoms with van der Waals surface area (Å²) >= 11 is 0. The predicted molar refractivity (Wildman–Crippen MR) is 198 cm³/mol. The van der Waals surface area contributed by atoms with Gasteiger partial charge in [-0.05, 0) is 44.4 Å². The van der Waals surface area contributed by atoms with E-state index in [4.69, 9.17) is 15.9 Å². The first-order chi connectivity index (χ1) is 27.1. The van der Waals surface area contributed by atoms with Gasteiger partial charge in [-0.2, -0.15) is 0 Å². The van der Waals surface area contributed by atoms with Crippen molar-refractivity contribution in [3.05, 3.63) is 0 Å². The Balaban J connectivity index is 3.31. The second-order valence-corrected chi connectivity index (χ2v) is 14.0. The van der Waals surface area contributed by atoms with Crippen LogP contribution in [0.25, 0.3) is 0 Å². The number of nitrogens with two attached hydrogens (primary N) is 1. The monoisotopic (exact) mass is 826 g/mol. The molecule has 1 aliphatic heterocycles. The van der Waals surface area contributed by atoms with Crippen LogP contribution in [0.4, 0.5) is 0 Å². The molecular formula is C35H54N8O15. The Morgan fingerprint density at radius 1 is 0.672 bits per heavy atom. The van der Waals surface area contributed by atoms with Crippen molar-refractivity contribution in [3.8, 4) is 0 Å². The van der Waals surface area contributed by atoms with Crippen LogP contribution < -0.4 is 37.6 Å². The third kappa shape index (κ3) is 17.3. The topological polar surface area (TPSA) is 367 Å². The van der Waals surface area contributed by atoms with Gasteiger partial charge < -0.3 is 57.9 Å². The number of aliphatic carboxylic acids is 3. The Kier molecular flexibility index (Phi) is 21.0. The van der Waals surface area contributed by atoms with Crippen LogP contribution in [0.3, 0.4) is 0 Å². The third-order valence-corrected chi connectivity index (χ3v) is 8.83. The number of amides is 8. The molecule has 0 aromatic rings. The maximum Gasteiger partial charge on any atom is 0.322 e. The van der Waals surface area contributed by atoms with Crippen LogP contribution in [-0.2, 0) is 57.5 Å². The quantitative estimate of drug-likeness (QED) is 0.0381. The highest BCUT2D eigenvalue weighted by molar-refractivity contribution is 6.38. The van der Waals surface area contributed by atoms with Crippen molar-refractivity contribution in [2.24, 2.45) is 11.7 Å². The third-order valence-electron chi connectivity index (χ3n) is 8.83. The zero-order valence-electron chi connectivity index (χ0n) is 32.8. The van der Waals surface area contributed by atoms with Gasteiger partial charge >= 0.3 is 17.9 Å². The van der Waals surface area contributed by atoms with Crippen LogP contribution >= 0.6 is 0 Å². The van der Waals surface area contributed by atoms with Gasteiger partial charge in [0.1, 0.15) is 36.8 Å². The smallest absolute Gasteiger partial charge is 0.322 e. The zero-order valence-corrected chi connectivity index (χ0v) is 32.8. The standard InChI is InChI=1S/C35H54N8O15/c1-5-7-19(29(52)34(57)37-16-27(50)51)39-32(55)23-8-6-15-43(23)35(58)22(9-12-24(36)45)41-33(56)28(17(2)3)42-31(54)21(11-14-26(48)49)40-30(53)20(38-18(4)44)10-13-25(46)47/h17,19-23,28H,5-16H2,1-4H3,(H2,36,45)(H,37,57)(H,38,44)(H,39,55)(H,40,53)(H,41,56)(H,42,54)(H,46,47)(H,48,49)(H,50,51)/t19-,20-,21-,22-,23-,28-/m0/s1. The lowest BCUT2D eigenvalue weighted by Gasteiger charge is -2.31. The second-order valence-electron chi connectivity index (χ2n) is 14.0. The molecule has 6 atom stereocenters. The maximum atomic E-state index is 14.0. The lowest BCUT2D eigenvalue weighted by atomic mass is 10.0. The highest BCUT2D eigenvalue weighted by Crippen LogP contribution is 2.21. The summed E-state index contributed by atoms with van der Waals surface area (Å²) in [5, 5.41) is 41.0. The number of rotatable bonds is 26. The molecule has 1 saturated heterocycles. The van der Waals surface area contributed by atoms with Crippen molar-refractivity contribution in [2.45, 2.75) is 128 Å². The number of carboxylic acids is 3. The van der Waals surface area contributed by atoms with Gasteiger partial charge in [-0.25, -0.2) is 0 Å². The molecule has 0 aromatic carbocycles. The molecule has 324 valence electrons.